The summed E-state index contributed by atoms with van der Waals surface area (Å²) in [6.07, 6.45) is -0.0479. The number of ether oxygens (including phenoxy) is 1. The number of nitrogens with zero attached hydrogens (tertiary/aromatic N) is 2. The van der Waals surface area contributed by atoms with E-state index in [0.29, 0.717) is 0 Å². The molecule has 4 nitrogen and oxygen atoms in total. The Hall–Kier alpha value is -1.27. The summed E-state index contributed by atoms with van der Waals surface area (Å²) >= 11 is 3.15. The van der Waals surface area contributed by atoms with Gasteiger partial charge >= 0.3 is 0 Å². The Kier molecular flexibility index (Phi) is 2.90. The van der Waals surface area contributed by atoms with E-state index in [1.54, 1.807) is 11.8 Å². The number of hydrogen-bond donors (Lipinski definition) is 1. The van der Waals surface area contributed by atoms with Crippen LogP contribution in [0.4, 0.5) is 5.13 Å². The molecule has 0 aliphatic carbocycles. The molecule has 2 heterocycles. The number of aromatic nitrogens is 2. The number of fused-ring (bicyclic) bond motifs is 1. The fraction of sp³-hybridized carbons (Fsp3) is 0.273. The van der Waals surface area contributed by atoms with Crippen LogP contribution in [0.1, 0.15) is 11.9 Å². The molecule has 0 bridgehead atoms. The van der Waals surface area contributed by atoms with Crippen LogP contribution in [0.2, 0.25) is 0 Å². The summed E-state index contributed by atoms with van der Waals surface area (Å²) in [6, 6.07) is 8.06. The Morgan fingerprint density at radius 2 is 2.29 bits per heavy atom. The fourth-order valence-corrected chi connectivity index (χ4v) is 3.16. The molecule has 1 unspecified atom stereocenters. The highest BCUT2D eigenvalue weighted by atomic mass is 32.2. The second-order valence-electron chi connectivity index (χ2n) is 3.57. The van der Waals surface area contributed by atoms with E-state index >= 15 is 0 Å². The molecule has 0 radical (unpaired) electrons. The standard InChI is InChI=1S/C11H11N3OS2/c1-12-11-13-10(14-17-11)8-6-16-9-5-3-2-4-7(9)15-8/h2-5,8H,6H2,1H3,(H,12,13,14). The summed E-state index contributed by atoms with van der Waals surface area (Å²) in [4.78, 5) is 5.57. The van der Waals surface area contributed by atoms with Crippen molar-refractivity contribution in [2.24, 2.45) is 0 Å². The number of thioether (sulfide) groups is 1. The number of anilines is 1. The van der Waals surface area contributed by atoms with E-state index in [0.717, 1.165) is 22.5 Å². The number of hydrogen-bond acceptors (Lipinski definition) is 6. The Labute approximate surface area is 108 Å². The first-order chi connectivity index (χ1) is 8.36. The molecule has 1 aromatic heterocycles. The zero-order valence-corrected chi connectivity index (χ0v) is 10.8. The van der Waals surface area contributed by atoms with Gasteiger partial charge in [-0.25, -0.2) is 0 Å². The Balaban J connectivity index is 1.84. The summed E-state index contributed by atoms with van der Waals surface area (Å²) < 4.78 is 10.2. The van der Waals surface area contributed by atoms with E-state index in [2.05, 4.69) is 20.7 Å². The first-order valence-electron chi connectivity index (χ1n) is 5.26. The van der Waals surface area contributed by atoms with Crippen molar-refractivity contribution in [1.82, 2.24) is 9.36 Å². The number of rotatable bonds is 2. The van der Waals surface area contributed by atoms with Gasteiger partial charge in [-0.1, -0.05) is 12.1 Å². The average Bonchev–Trinajstić information content (AvgIpc) is 2.87. The maximum atomic E-state index is 5.91. The number of para-hydroxylation sites is 1. The lowest BCUT2D eigenvalue weighted by Gasteiger charge is -2.23. The Morgan fingerprint density at radius 3 is 3.12 bits per heavy atom. The summed E-state index contributed by atoms with van der Waals surface area (Å²) in [7, 11) is 1.84. The molecule has 1 N–H and O–H groups in total. The topological polar surface area (TPSA) is 47.0 Å². The van der Waals surface area contributed by atoms with Crippen LogP contribution in [-0.2, 0) is 0 Å². The average molecular weight is 265 g/mol. The van der Waals surface area contributed by atoms with Crippen LogP contribution in [0, 0.1) is 0 Å². The smallest absolute Gasteiger partial charge is 0.202 e. The minimum atomic E-state index is -0.0479. The molecular weight excluding hydrogens is 254 g/mol. The van der Waals surface area contributed by atoms with Crippen molar-refractivity contribution in [3.63, 3.8) is 0 Å². The second kappa shape index (κ2) is 4.54. The third-order valence-corrected chi connectivity index (χ3v) is 4.32. The Bertz CT molecular complexity index is 529. The van der Waals surface area contributed by atoms with Gasteiger partial charge in [-0.2, -0.15) is 9.36 Å². The second-order valence-corrected chi connectivity index (χ2v) is 5.39. The van der Waals surface area contributed by atoms with E-state index in [9.17, 15) is 0 Å². The van der Waals surface area contributed by atoms with Gasteiger partial charge in [-0.3, -0.25) is 0 Å². The molecule has 2 aromatic rings. The normalized spacial score (nSPS) is 18.3. The summed E-state index contributed by atoms with van der Waals surface area (Å²) in [5.74, 6) is 2.55. The lowest BCUT2D eigenvalue weighted by atomic mass is 10.3. The minimum absolute atomic E-state index is 0.0479. The molecule has 0 saturated carbocycles. The predicted molar refractivity (Wildman–Crippen MR) is 70.0 cm³/mol. The molecule has 1 aromatic carbocycles. The van der Waals surface area contributed by atoms with Crippen LogP contribution in [0.3, 0.4) is 0 Å². The largest absolute Gasteiger partial charge is 0.480 e. The molecule has 1 aliphatic rings. The molecule has 1 aliphatic heterocycles. The van der Waals surface area contributed by atoms with Crippen molar-refractivity contribution in [3.05, 3.63) is 30.1 Å². The lowest BCUT2D eigenvalue weighted by Crippen LogP contribution is -2.16. The monoisotopic (exact) mass is 265 g/mol. The minimum Gasteiger partial charge on any atom is -0.480 e. The van der Waals surface area contributed by atoms with Crippen molar-refractivity contribution in [1.29, 1.82) is 0 Å². The van der Waals surface area contributed by atoms with E-state index < -0.39 is 0 Å². The highest BCUT2D eigenvalue weighted by molar-refractivity contribution is 7.99. The molecule has 3 rings (SSSR count). The molecule has 1 atom stereocenters. The predicted octanol–water partition coefficient (Wildman–Crippen LogP) is 2.81. The van der Waals surface area contributed by atoms with Crippen molar-refractivity contribution < 1.29 is 4.74 Å². The first-order valence-corrected chi connectivity index (χ1v) is 7.02. The summed E-state index contributed by atoms with van der Waals surface area (Å²) in [5, 5.41) is 3.81. The van der Waals surface area contributed by atoms with Crippen LogP contribution in [0.25, 0.3) is 0 Å². The highest BCUT2D eigenvalue weighted by Gasteiger charge is 2.24. The van der Waals surface area contributed by atoms with Crippen LogP contribution in [0.5, 0.6) is 5.75 Å². The number of nitrogens with one attached hydrogen (secondary N) is 1. The maximum Gasteiger partial charge on any atom is 0.202 e. The first kappa shape index (κ1) is 10.9. The molecule has 17 heavy (non-hydrogen) atoms. The van der Waals surface area contributed by atoms with E-state index in [1.807, 2.05) is 25.2 Å². The van der Waals surface area contributed by atoms with Gasteiger partial charge in [-0.05, 0) is 12.1 Å². The van der Waals surface area contributed by atoms with Crippen molar-refractivity contribution >= 4 is 28.4 Å². The molecule has 0 saturated heterocycles. The van der Waals surface area contributed by atoms with Crippen molar-refractivity contribution in [2.45, 2.75) is 11.0 Å². The van der Waals surface area contributed by atoms with Crippen LogP contribution in [-0.4, -0.2) is 22.2 Å². The van der Waals surface area contributed by atoms with Gasteiger partial charge in [-0.15, -0.1) is 11.8 Å². The van der Waals surface area contributed by atoms with Gasteiger partial charge in [0, 0.05) is 29.2 Å². The van der Waals surface area contributed by atoms with Gasteiger partial charge in [0.2, 0.25) is 5.13 Å². The summed E-state index contributed by atoms with van der Waals surface area (Å²) in [5.41, 5.74) is 0. The van der Waals surface area contributed by atoms with Crippen LogP contribution < -0.4 is 10.1 Å². The van der Waals surface area contributed by atoms with Crippen LogP contribution >= 0.6 is 23.3 Å². The molecule has 88 valence electrons. The van der Waals surface area contributed by atoms with Gasteiger partial charge in [0.25, 0.3) is 0 Å². The van der Waals surface area contributed by atoms with Gasteiger partial charge in [0.05, 0.1) is 0 Å². The van der Waals surface area contributed by atoms with Gasteiger partial charge in [0.1, 0.15) is 5.75 Å². The fourth-order valence-electron chi connectivity index (χ4n) is 1.61. The van der Waals surface area contributed by atoms with E-state index in [1.165, 1.54) is 16.4 Å². The Morgan fingerprint density at radius 1 is 1.41 bits per heavy atom. The van der Waals surface area contributed by atoms with Gasteiger partial charge in [0.15, 0.2) is 11.9 Å². The van der Waals surface area contributed by atoms with Gasteiger partial charge < -0.3 is 10.1 Å². The number of benzene rings is 1. The van der Waals surface area contributed by atoms with Crippen LogP contribution in [0.15, 0.2) is 29.2 Å². The van der Waals surface area contributed by atoms with E-state index in [4.69, 9.17) is 4.74 Å². The molecule has 0 spiro atoms. The zero-order chi connectivity index (χ0) is 11.7. The quantitative estimate of drug-likeness (QED) is 0.904. The molecular formula is C11H11N3OS2. The van der Waals surface area contributed by atoms with Crippen molar-refractivity contribution in [3.8, 4) is 5.75 Å². The molecule has 6 heteroatoms. The molecule has 0 amide bonds. The third kappa shape index (κ3) is 2.10. The zero-order valence-electron chi connectivity index (χ0n) is 9.21. The van der Waals surface area contributed by atoms with E-state index in [-0.39, 0.29) is 6.10 Å². The third-order valence-electron chi connectivity index (χ3n) is 2.45. The SMILES string of the molecule is CNc1nc(C2CSc3ccccc3O2)ns1. The highest BCUT2D eigenvalue weighted by Crippen LogP contribution is 2.39. The molecule has 0 fully saturated rings. The van der Waals surface area contributed by atoms with Crippen molar-refractivity contribution in [2.75, 3.05) is 18.1 Å². The lowest BCUT2D eigenvalue weighted by molar-refractivity contribution is 0.212. The summed E-state index contributed by atoms with van der Waals surface area (Å²) in [6.45, 7) is 0. The maximum absolute atomic E-state index is 5.91.